The first kappa shape index (κ1) is 14.7. The van der Waals surface area contributed by atoms with Gasteiger partial charge in [-0.1, -0.05) is 18.5 Å². The van der Waals surface area contributed by atoms with Gasteiger partial charge in [-0.05, 0) is 30.2 Å². The molecule has 1 aromatic carbocycles. The Kier molecular flexibility index (Phi) is 4.49. The van der Waals surface area contributed by atoms with Gasteiger partial charge in [0.2, 0.25) is 11.8 Å². The van der Waals surface area contributed by atoms with Crippen LogP contribution in [0.5, 0.6) is 0 Å². The Morgan fingerprint density at radius 3 is 2.55 bits per heavy atom. The van der Waals surface area contributed by atoms with Crippen molar-refractivity contribution in [2.45, 2.75) is 19.9 Å². The van der Waals surface area contributed by atoms with Crippen molar-refractivity contribution in [1.82, 2.24) is 9.80 Å². The SMILES string of the molecule is CCCN1CC(=O)N(Cc2cc(N)ccc2Cl)CC1=O. The number of nitrogens with two attached hydrogens (primary N) is 1. The zero-order chi connectivity index (χ0) is 14.7. The minimum atomic E-state index is -0.0588. The van der Waals surface area contributed by atoms with E-state index in [4.69, 9.17) is 17.3 Å². The Balaban J connectivity index is 2.09. The molecular formula is C14H18ClN3O2. The standard InChI is InChI=1S/C14H18ClN3O2/c1-2-5-17-8-14(20)18(9-13(17)19)7-10-6-11(16)3-4-12(10)15/h3-4,6H,2,5,7-9,16H2,1H3. The Hall–Kier alpha value is -1.75. The van der Waals surface area contributed by atoms with E-state index in [9.17, 15) is 9.59 Å². The second-order valence-corrected chi connectivity index (χ2v) is 5.32. The molecule has 2 rings (SSSR count). The van der Waals surface area contributed by atoms with Crippen molar-refractivity contribution >= 4 is 29.1 Å². The highest BCUT2D eigenvalue weighted by molar-refractivity contribution is 6.31. The van der Waals surface area contributed by atoms with E-state index in [0.717, 1.165) is 12.0 Å². The molecular weight excluding hydrogens is 278 g/mol. The van der Waals surface area contributed by atoms with Gasteiger partial charge in [0.1, 0.15) is 6.54 Å². The van der Waals surface area contributed by atoms with E-state index in [0.29, 0.717) is 23.8 Å². The largest absolute Gasteiger partial charge is 0.399 e. The maximum absolute atomic E-state index is 12.1. The van der Waals surface area contributed by atoms with Crippen LogP contribution in [0.25, 0.3) is 0 Å². The lowest BCUT2D eigenvalue weighted by Crippen LogP contribution is -2.53. The Morgan fingerprint density at radius 1 is 1.20 bits per heavy atom. The normalized spacial score (nSPS) is 15.9. The van der Waals surface area contributed by atoms with E-state index in [-0.39, 0.29) is 24.9 Å². The summed E-state index contributed by atoms with van der Waals surface area (Å²) in [4.78, 5) is 27.2. The lowest BCUT2D eigenvalue weighted by Gasteiger charge is -2.34. The zero-order valence-corrected chi connectivity index (χ0v) is 12.2. The molecule has 1 aromatic rings. The van der Waals surface area contributed by atoms with Gasteiger partial charge in [0.05, 0.1) is 6.54 Å². The van der Waals surface area contributed by atoms with Gasteiger partial charge in [-0.2, -0.15) is 0 Å². The van der Waals surface area contributed by atoms with E-state index in [2.05, 4.69) is 0 Å². The van der Waals surface area contributed by atoms with Gasteiger partial charge in [-0.3, -0.25) is 9.59 Å². The van der Waals surface area contributed by atoms with E-state index < -0.39 is 0 Å². The second kappa shape index (κ2) is 6.13. The minimum Gasteiger partial charge on any atom is -0.399 e. The molecule has 2 amide bonds. The highest BCUT2D eigenvalue weighted by Gasteiger charge is 2.29. The number of nitrogen functional groups attached to an aromatic ring is 1. The number of halogens is 1. The van der Waals surface area contributed by atoms with E-state index in [1.54, 1.807) is 23.1 Å². The summed E-state index contributed by atoms with van der Waals surface area (Å²) in [6.07, 6.45) is 0.847. The highest BCUT2D eigenvalue weighted by Crippen LogP contribution is 2.21. The molecule has 108 valence electrons. The molecule has 0 saturated carbocycles. The fourth-order valence-corrected chi connectivity index (χ4v) is 2.42. The lowest BCUT2D eigenvalue weighted by molar-refractivity contribution is -0.150. The van der Waals surface area contributed by atoms with Crippen molar-refractivity contribution in [3.8, 4) is 0 Å². The molecule has 0 spiro atoms. The lowest BCUT2D eigenvalue weighted by atomic mass is 10.1. The average Bonchev–Trinajstić information content (AvgIpc) is 2.40. The van der Waals surface area contributed by atoms with Gasteiger partial charge < -0.3 is 15.5 Å². The van der Waals surface area contributed by atoms with Crippen LogP contribution in [0.15, 0.2) is 18.2 Å². The highest BCUT2D eigenvalue weighted by atomic mass is 35.5. The first-order chi connectivity index (χ1) is 9.51. The number of hydrogen-bond acceptors (Lipinski definition) is 3. The second-order valence-electron chi connectivity index (χ2n) is 4.92. The van der Waals surface area contributed by atoms with E-state index in [1.165, 1.54) is 4.90 Å². The van der Waals surface area contributed by atoms with Crippen LogP contribution in [0.4, 0.5) is 5.69 Å². The summed E-state index contributed by atoms with van der Waals surface area (Å²) in [5.41, 5.74) is 7.07. The number of hydrogen-bond donors (Lipinski definition) is 1. The summed E-state index contributed by atoms with van der Waals surface area (Å²) in [7, 11) is 0. The third-order valence-corrected chi connectivity index (χ3v) is 3.65. The predicted molar refractivity (Wildman–Crippen MR) is 78.2 cm³/mol. The smallest absolute Gasteiger partial charge is 0.242 e. The van der Waals surface area contributed by atoms with Crippen molar-refractivity contribution < 1.29 is 9.59 Å². The molecule has 0 aliphatic carbocycles. The van der Waals surface area contributed by atoms with Crippen LogP contribution in [-0.4, -0.2) is 41.2 Å². The molecule has 0 aromatic heterocycles. The maximum Gasteiger partial charge on any atom is 0.242 e. The Bertz CT molecular complexity index is 533. The van der Waals surface area contributed by atoms with Gasteiger partial charge >= 0.3 is 0 Å². The monoisotopic (exact) mass is 295 g/mol. The number of carbonyl (C=O) groups is 2. The zero-order valence-electron chi connectivity index (χ0n) is 11.4. The molecule has 1 aliphatic rings. The fourth-order valence-electron chi connectivity index (χ4n) is 2.24. The fraction of sp³-hybridized carbons (Fsp3) is 0.429. The van der Waals surface area contributed by atoms with Crippen molar-refractivity contribution in [1.29, 1.82) is 0 Å². The number of amides is 2. The van der Waals surface area contributed by atoms with Crippen LogP contribution in [0.1, 0.15) is 18.9 Å². The summed E-state index contributed by atoms with van der Waals surface area (Å²) in [5, 5.41) is 0.551. The predicted octanol–water partition coefficient (Wildman–Crippen LogP) is 1.50. The summed E-state index contributed by atoms with van der Waals surface area (Å²) in [5.74, 6) is -0.0805. The molecule has 0 bridgehead atoms. The first-order valence-electron chi connectivity index (χ1n) is 6.60. The number of rotatable bonds is 4. The number of piperazine rings is 1. The molecule has 0 radical (unpaired) electrons. The molecule has 20 heavy (non-hydrogen) atoms. The molecule has 1 aliphatic heterocycles. The van der Waals surface area contributed by atoms with E-state index >= 15 is 0 Å². The van der Waals surface area contributed by atoms with Gasteiger partial charge in [0.25, 0.3) is 0 Å². The molecule has 2 N–H and O–H groups in total. The molecule has 0 atom stereocenters. The van der Waals surface area contributed by atoms with Gasteiger partial charge in [0, 0.05) is 23.8 Å². The van der Waals surface area contributed by atoms with Crippen LogP contribution >= 0.6 is 11.6 Å². The van der Waals surface area contributed by atoms with Crippen LogP contribution < -0.4 is 5.73 Å². The van der Waals surface area contributed by atoms with E-state index in [1.807, 2.05) is 6.92 Å². The first-order valence-corrected chi connectivity index (χ1v) is 6.98. The minimum absolute atomic E-state index is 0.0218. The van der Waals surface area contributed by atoms with Crippen LogP contribution in [0, 0.1) is 0 Å². The Labute approximate surface area is 123 Å². The number of benzene rings is 1. The topological polar surface area (TPSA) is 66.6 Å². The van der Waals surface area contributed by atoms with Crippen LogP contribution in [-0.2, 0) is 16.1 Å². The number of anilines is 1. The molecule has 1 heterocycles. The van der Waals surface area contributed by atoms with Gasteiger partial charge in [-0.15, -0.1) is 0 Å². The summed E-state index contributed by atoms with van der Waals surface area (Å²) >= 11 is 6.09. The van der Waals surface area contributed by atoms with Crippen LogP contribution in [0.2, 0.25) is 5.02 Å². The van der Waals surface area contributed by atoms with Crippen molar-refractivity contribution in [2.24, 2.45) is 0 Å². The van der Waals surface area contributed by atoms with Crippen molar-refractivity contribution in [3.63, 3.8) is 0 Å². The Morgan fingerprint density at radius 2 is 1.85 bits per heavy atom. The molecule has 5 nitrogen and oxygen atoms in total. The third kappa shape index (κ3) is 3.22. The van der Waals surface area contributed by atoms with Crippen molar-refractivity contribution in [3.05, 3.63) is 28.8 Å². The van der Waals surface area contributed by atoms with Crippen molar-refractivity contribution in [2.75, 3.05) is 25.4 Å². The van der Waals surface area contributed by atoms with Gasteiger partial charge in [0.15, 0.2) is 0 Å². The molecule has 6 heteroatoms. The quantitative estimate of drug-likeness (QED) is 0.856. The molecule has 0 unspecified atom stereocenters. The number of nitrogens with zero attached hydrogens (tertiary/aromatic N) is 2. The van der Waals surface area contributed by atoms with Gasteiger partial charge in [-0.25, -0.2) is 0 Å². The molecule has 1 fully saturated rings. The average molecular weight is 296 g/mol. The summed E-state index contributed by atoms with van der Waals surface area (Å²) in [6.45, 7) is 3.17. The summed E-state index contributed by atoms with van der Waals surface area (Å²) < 4.78 is 0. The van der Waals surface area contributed by atoms with Crippen LogP contribution in [0.3, 0.4) is 0 Å². The maximum atomic E-state index is 12.1. The summed E-state index contributed by atoms with van der Waals surface area (Å²) in [6, 6.07) is 5.14. The molecule has 1 saturated heterocycles. The number of carbonyl (C=O) groups excluding carboxylic acids is 2. The third-order valence-electron chi connectivity index (χ3n) is 3.28.